The Bertz CT molecular complexity index is 336. The van der Waals surface area contributed by atoms with Crippen LogP contribution < -0.4 is 0 Å². The van der Waals surface area contributed by atoms with Crippen molar-refractivity contribution in [3.05, 3.63) is 34.3 Å². The maximum Gasteiger partial charge on any atom is 0.188 e. The topological polar surface area (TPSA) is 26.3 Å². The van der Waals surface area contributed by atoms with Crippen LogP contribution in [0.2, 0.25) is 0 Å². The van der Waals surface area contributed by atoms with Crippen LogP contribution in [0.15, 0.2) is 28.7 Å². The highest BCUT2D eigenvalue weighted by molar-refractivity contribution is 9.10. The molecule has 0 aromatic heterocycles. The van der Waals surface area contributed by atoms with Crippen molar-refractivity contribution in [1.29, 1.82) is 0 Å². The Balaban J connectivity index is 2.54. The van der Waals surface area contributed by atoms with E-state index in [-0.39, 0.29) is 18.5 Å². The van der Waals surface area contributed by atoms with Gasteiger partial charge in [-0.1, -0.05) is 35.0 Å². The van der Waals surface area contributed by atoms with Crippen LogP contribution in [-0.2, 0) is 4.74 Å². The predicted molar refractivity (Wildman–Crippen MR) is 64.2 cm³/mol. The van der Waals surface area contributed by atoms with E-state index < -0.39 is 0 Å². The van der Waals surface area contributed by atoms with Crippen LogP contribution in [0, 0.1) is 0 Å². The van der Waals surface area contributed by atoms with E-state index >= 15 is 0 Å². The largest absolute Gasteiger partial charge is 0.370 e. The SMILES string of the molecule is CCC(C)OCC(=O)c1cccc(Br)c1. The molecule has 0 aliphatic rings. The van der Waals surface area contributed by atoms with Gasteiger partial charge >= 0.3 is 0 Å². The maximum absolute atomic E-state index is 11.7. The number of benzene rings is 1. The van der Waals surface area contributed by atoms with E-state index in [0.29, 0.717) is 5.56 Å². The third-order valence-corrected chi connectivity index (χ3v) is 2.71. The van der Waals surface area contributed by atoms with E-state index in [1.54, 1.807) is 6.07 Å². The zero-order chi connectivity index (χ0) is 11.3. The Labute approximate surface area is 98.8 Å². The summed E-state index contributed by atoms with van der Waals surface area (Å²) in [6, 6.07) is 7.35. The van der Waals surface area contributed by atoms with Gasteiger partial charge in [0, 0.05) is 10.0 Å². The van der Waals surface area contributed by atoms with Crippen molar-refractivity contribution in [3.8, 4) is 0 Å². The standard InChI is InChI=1S/C12H15BrO2/c1-3-9(2)15-8-12(14)10-5-4-6-11(13)7-10/h4-7,9H,3,8H2,1-2H3. The molecule has 0 fully saturated rings. The van der Waals surface area contributed by atoms with Gasteiger partial charge in [-0.3, -0.25) is 4.79 Å². The summed E-state index contributed by atoms with van der Waals surface area (Å²) in [7, 11) is 0. The summed E-state index contributed by atoms with van der Waals surface area (Å²) in [5.41, 5.74) is 0.688. The van der Waals surface area contributed by atoms with Crippen LogP contribution in [0.5, 0.6) is 0 Å². The number of ketones is 1. The predicted octanol–water partition coefficient (Wildman–Crippen LogP) is 3.45. The Kier molecular flexibility index (Phi) is 4.99. The average Bonchev–Trinajstić information content (AvgIpc) is 2.25. The summed E-state index contributed by atoms with van der Waals surface area (Å²) in [5, 5.41) is 0. The quantitative estimate of drug-likeness (QED) is 0.767. The smallest absolute Gasteiger partial charge is 0.188 e. The van der Waals surface area contributed by atoms with Gasteiger partial charge < -0.3 is 4.74 Å². The lowest BCUT2D eigenvalue weighted by atomic mass is 10.1. The first-order valence-electron chi connectivity index (χ1n) is 5.04. The molecule has 0 heterocycles. The number of halogens is 1. The lowest BCUT2D eigenvalue weighted by Crippen LogP contribution is -2.15. The average molecular weight is 271 g/mol. The fourth-order valence-electron chi connectivity index (χ4n) is 1.08. The minimum atomic E-state index is 0.0246. The van der Waals surface area contributed by atoms with Crippen molar-refractivity contribution in [2.75, 3.05) is 6.61 Å². The molecule has 15 heavy (non-hydrogen) atoms. The van der Waals surface area contributed by atoms with Gasteiger partial charge in [0.15, 0.2) is 5.78 Å². The molecule has 0 spiro atoms. The number of hydrogen-bond donors (Lipinski definition) is 0. The Morgan fingerprint density at radius 2 is 2.27 bits per heavy atom. The van der Waals surface area contributed by atoms with Crippen LogP contribution >= 0.6 is 15.9 Å². The first-order valence-corrected chi connectivity index (χ1v) is 5.83. The van der Waals surface area contributed by atoms with Gasteiger partial charge in [0.25, 0.3) is 0 Å². The minimum absolute atomic E-state index is 0.0246. The van der Waals surface area contributed by atoms with E-state index in [1.807, 2.05) is 32.0 Å². The summed E-state index contributed by atoms with van der Waals surface area (Å²) < 4.78 is 6.30. The van der Waals surface area contributed by atoms with Crippen molar-refractivity contribution >= 4 is 21.7 Å². The van der Waals surface area contributed by atoms with Crippen molar-refractivity contribution in [1.82, 2.24) is 0 Å². The zero-order valence-corrected chi connectivity index (χ0v) is 10.6. The lowest BCUT2D eigenvalue weighted by Gasteiger charge is -2.09. The van der Waals surface area contributed by atoms with Crippen molar-refractivity contribution in [3.63, 3.8) is 0 Å². The molecule has 0 radical (unpaired) electrons. The van der Waals surface area contributed by atoms with Crippen LogP contribution in [0.1, 0.15) is 30.6 Å². The molecule has 0 aliphatic carbocycles. The molecule has 0 saturated heterocycles. The molecule has 1 aromatic rings. The number of Topliss-reactive ketones (excluding diaryl/α,β-unsaturated/α-hetero) is 1. The maximum atomic E-state index is 11.7. The van der Waals surface area contributed by atoms with Crippen LogP contribution in [0.4, 0.5) is 0 Å². The number of carbonyl (C=O) groups excluding carboxylic acids is 1. The normalized spacial score (nSPS) is 12.5. The fraction of sp³-hybridized carbons (Fsp3) is 0.417. The second-order valence-corrected chi connectivity index (χ2v) is 4.38. The number of carbonyl (C=O) groups is 1. The fourth-order valence-corrected chi connectivity index (χ4v) is 1.48. The number of hydrogen-bond acceptors (Lipinski definition) is 2. The van der Waals surface area contributed by atoms with E-state index in [0.717, 1.165) is 10.9 Å². The molecule has 1 atom stereocenters. The van der Waals surface area contributed by atoms with E-state index in [4.69, 9.17) is 4.74 Å². The Morgan fingerprint density at radius 1 is 1.53 bits per heavy atom. The first-order chi connectivity index (χ1) is 7.13. The first kappa shape index (κ1) is 12.4. The van der Waals surface area contributed by atoms with E-state index in [9.17, 15) is 4.79 Å². The summed E-state index contributed by atoms with van der Waals surface area (Å²) in [6.45, 7) is 4.16. The van der Waals surface area contributed by atoms with Gasteiger partial charge in [0.05, 0.1) is 6.10 Å². The van der Waals surface area contributed by atoms with Crippen molar-refractivity contribution < 1.29 is 9.53 Å². The molecule has 0 saturated carbocycles. The Hall–Kier alpha value is -0.670. The Morgan fingerprint density at radius 3 is 2.87 bits per heavy atom. The summed E-state index contributed by atoms with van der Waals surface area (Å²) in [4.78, 5) is 11.7. The summed E-state index contributed by atoms with van der Waals surface area (Å²) >= 11 is 3.33. The monoisotopic (exact) mass is 270 g/mol. The summed E-state index contributed by atoms with van der Waals surface area (Å²) in [5.74, 6) is 0.0246. The molecule has 0 aliphatic heterocycles. The van der Waals surface area contributed by atoms with Crippen molar-refractivity contribution in [2.45, 2.75) is 26.4 Å². The van der Waals surface area contributed by atoms with Gasteiger partial charge in [-0.05, 0) is 25.5 Å². The van der Waals surface area contributed by atoms with E-state index in [2.05, 4.69) is 15.9 Å². The van der Waals surface area contributed by atoms with Gasteiger partial charge in [-0.15, -0.1) is 0 Å². The highest BCUT2D eigenvalue weighted by atomic mass is 79.9. The zero-order valence-electron chi connectivity index (χ0n) is 9.00. The second-order valence-electron chi connectivity index (χ2n) is 3.46. The molecule has 2 nitrogen and oxygen atoms in total. The number of rotatable bonds is 5. The van der Waals surface area contributed by atoms with Crippen LogP contribution in [-0.4, -0.2) is 18.5 Å². The molecular weight excluding hydrogens is 256 g/mol. The minimum Gasteiger partial charge on any atom is -0.370 e. The molecule has 0 N–H and O–H groups in total. The van der Waals surface area contributed by atoms with Crippen LogP contribution in [0.25, 0.3) is 0 Å². The molecule has 0 amide bonds. The van der Waals surface area contributed by atoms with Gasteiger partial charge in [-0.2, -0.15) is 0 Å². The number of ether oxygens (including phenoxy) is 1. The molecule has 0 bridgehead atoms. The van der Waals surface area contributed by atoms with Crippen LogP contribution in [0.3, 0.4) is 0 Å². The highest BCUT2D eigenvalue weighted by Gasteiger charge is 2.08. The van der Waals surface area contributed by atoms with Gasteiger partial charge in [0.1, 0.15) is 6.61 Å². The molecule has 1 aromatic carbocycles. The van der Waals surface area contributed by atoms with Gasteiger partial charge in [-0.25, -0.2) is 0 Å². The third kappa shape index (κ3) is 4.14. The summed E-state index contributed by atoms with van der Waals surface area (Å²) in [6.07, 6.45) is 1.06. The molecular formula is C12H15BrO2. The van der Waals surface area contributed by atoms with Gasteiger partial charge in [0.2, 0.25) is 0 Å². The lowest BCUT2D eigenvalue weighted by molar-refractivity contribution is 0.0511. The molecule has 1 rings (SSSR count). The third-order valence-electron chi connectivity index (χ3n) is 2.22. The van der Waals surface area contributed by atoms with Crippen molar-refractivity contribution in [2.24, 2.45) is 0 Å². The molecule has 82 valence electrons. The highest BCUT2D eigenvalue weighted by Crippen LogP contribution is 2.12. The molecule has 3 heteroatoms. The second kappa shape index (κ2) is 6.03. The van der Waals surface area contributed by atoms with E-state index in [1.165, 1.54) is 0 Å². The molecule has 1 unspecified atom stereocenters.